The van der Waals surface area contributed by atoms with Crippen molar-refractivity contribution in [3.63, 3.8) is 0 Å². The highest BCUT2D eigenvalue weighted by atomic mass is 16.5. The lowest BCUT2D eigenvalue weighted by atomic mass is 10.2. The van der Waals surface area contributed by atoms with Crippen molar-refractivity contribution in [3.8, 4) is 5.75 Å². The zero-order valence-corrected chi connectivity index (χ0v) is 7.99. The van der Waals surface area contributed by atoms with E-state index in [0.29, 0.717) is 0 Å². The van der Waals surface area contributed by atoms with Gasteiger partial charge in [0.15, 0.2) is 0 Å². The van der Waals surface area contributed by atoms with Crippen LogP contribution in [0.1, 0.15) is 25.3 Å². The molecule has 2 heteroatoms. The van der Waals surface area contributed by atoms with Gasteiger partial charge in [-0.1, -0.05) is 25.5 Å². The molecule has 0 spiro atoms. The van der Waals surface area contributed by atoms with Crippen LogP contribution in [-0.4, -0.2) is 11.7 Å². The summed E-state index contributed by atoms with van der Waals surface area (Å²) in [6, 6.07) is 7.53. The Balaban J connectivity index is 2.40. The number of rotatable bonds is 5. The van der Waals surface area contributed by atoms with Gasteiger partial charge in [-0.3, -0.25) is 0 Å². The van der Waals surface area contributed by atoms with Crippen LogP contribution in [0, 0.1) is 0 Å². The molecule has 0 aliphatic rings. The molecule has 0 unspecified atom stereocenters. The monoisotopic (exact) mass is 180 g/mol. The maximum absolute atomic E-state index is 8.80. The Labute approximate surface area is 79.2 Å². The van der Waals surface area contributed by atoms with Gasteiger partial charge in [-0.15, -0.1) is 0 Å². The third-order valence-corrected chi connectivity index (χ3v) is 1.87. The van der Waals surface area contributed by atoms with Crippen LogP contribution in [0.2, 0.25) is 0 Å². The van der Waals surface area contributed by atoms with Crippen molar-refractivity contribution >= 4 is 0 Å². The molecule has 0 radical (unpaired) electrons. The molecule has 1 N–H and O–H groups in total. The molecule has 1 aromatic carbocycles. The van der Waals surface area contributed by atoms with Crippen LogP contribution < -0.4 is 4.74 Å². The lowest BCUT2D eigenvalue weighted by Gasteiger charge is -2.05. The molecular weight excluding hydrogens is 164 g/mol. The molecule has 0 aromatic heterocycles. The Morgan fingerprint density at radius 2 is 1.92 bits per heavy atom. The quantitative estimate of drug-likeness (QED) is 0.705. The lowest BCUT2D eigenvalue weighted by molar-refractivity contribution is 0.281. The van der Waals surface area contributed by atoms with Gasteiger partial charge in [-0.2, -0.15) is 0 Å². The molecule has 0 aliphatic heterocycles. The minimum Gasteiger partial charge on any atom is -0.494 e. The van der Waals surface area contributed by atoms with Crippen molar-refractivity contribution in [1.29, 1.82) is 0 Å². The van der Waals surface area contributed by atoms with Gasteiger partial charge in [-0.05, 0) is 24.1 Å². The third kappa shape index (κ3) is 3.47. The van der Waals surface area contributed by atoms with Crippen LogP contribution in [0.4, 0.5) is 0 Å². The standard InChI is InChI=1S/C11H16O2/c1-2-3-8-13-11-6-4-10(9-12)5-7-11/h4-7,12H,2-3,8-9H2,1H3. The molecule has 0 heterocycles. The van der Waals surface area contributed by atoms with E-state index in [4.69, 9.17) is 9.84 Å². The number of benzene rings is 1. The van der Waals surface area contributed by atoms with E-state index in [0.717, 1.165) is 30.8 Å². The van der Waals surface area contributed by atoms with Crippen LogP contribution in [0.5, 0.6) is 5.75 Å². The highest BCUT2D eigenvalue weighted by Crippen LogP contribution is 2.12. The molecule has 0 fully saturated rings. The summed E-state index contributed by atoms with van der Waals surface area (Å²) >= 11 is 0. The summed E-state index contributed by atoms with van der Waals surface area (Å²) in [5, 5.41) is 8.80. The molecular formula is C11H16O2. The van der Waals surface area contributed by atoms with Crippen molar-refractivity contribution in [2.75, 3.05) is 6.61 Å². The van der Waals surface area contributed by atoms with Crippen molar-refractivity contribution < 1.29 is 9.84 Å². The van der Waals surface area contributed by atoms with Gasteiger partial charge in [-0.25, -0.2) is 0 Å². The number of aliphatic hydroxyl groups excluding tert-OH is 1. The summed E-state index contributed by atoms with van der Waals surface area (Å²) < 4.78 is 5.46. The number of unbranched alkanes of at least 4 members (excludes halogenated alkanes) is 1. The fourth-order valence-corrected chi connectivity index (χ4v) is 1.03. The second-order valence-corrected chi connectivity index (χ2v) is 3.00. The zero-order chi connectivity index (χ0) is 9.52. The lowest BCUT2D eigenvalue weighted by Crippen LogP contribution is -1.96. The summed E-state index contributed by atoms with van der Waals surface area (Å²) in [7, 11) is 0. The molecule has 0 atom stereocenters. The normalized spacial score (nSPS) is 10.0. The van der Waals surface area contributed by atoms with Crippen LogP contribution in [-0.2, 0) is 6.61 Å². The predicted molar refractivity (Wildman–Crippen MR) is 52.8 cm³/mol. The van der Waals surface area contributed by atoms with E-state index in [1.165, 1.54) is 0 Å². The molecule has 1 aromatic rings. The summed E-state index contributed by atoms with van der Waals surface area (Å²) in [6.45, 7) is 3.00. The van der Waals surface area contributed by atoms with E-state index in [1.54, 1.807) is 0 Å². The van der Waals surface area contributed by atoms with Crippen molar-refractivity contribution in [1.82, 2.24) is 0 Å². The number of hydrogen-bond donors (Lipinski definition) is 1. The molecule has 0 amide bonds. The van der Waals surface area contributed by atoms with E-state index in [-0.39, 0.29) is 6.61 Å². The minimum atomic E-state index is 0.0925. The number of ether oxygens (including phenoxy) is 1. The maximum atomic E-state index is 8.80. The Morgan fingerprint density at radius 1 is 1.23 bits per heavy atom. The second-order valence-electron chi connectivity index (χ2n) is 3.00. The van der Waals surface area contributed by atoms with Gasteiger partial charge in [0.25, 0.3) is 0 Å². The second kappa shape index (κ2) is 5.60. The highest BCUT2D eigenvalue weighted by molar-refractivity contribution is 5.26. The third-order valence-electron chi connectivity index (χ3n) is 1.87. The fraction of sp³-hybridized carbons (Fsp3) is 0.455. The Kier molecular flexibility index (Phi) is 4.33. The average Bonchev–Trinajstić information content (AvgIpc) is 2.19. The maximum Gasteiger partial charge on any atom is 0.119 e. The van der Waals surface area contributed by atoms with E-state index in [2.05, 4.69) is 6.92 Å². The topological polar surface area (TPSA) is 29.5 Å². The molecule has 0 saturated carbocycles. The first-order valence-electron chi connectivity index (χ1n) is 4.69. The van der Waals surface area contributed by atoms with Gasteiger partial charge in [0.1, 0.15) is 5.75 Å². The first-order valence-corrected chi connectivity index (χ1v) is 4.69. The predicted octanol–water partition coefficient (Wildman–Crippen LogP) is 2.36. The molecule has 0 saturated heterocycles. The minimum absolute atomic E-state index is 0.0925. The largest absolute Gasteiger partial charge is 0.494 e. The molecule has 2 nitrogen and oxygen atoms in total. The van der Waals surface area contributed by atoms with Gasteiger partial charge < -0.3 is 9.84 Å². The summed E-state index contributed by atoms with van der Waals surface area (Å²) in [5.41, 5.74) is 0.919. The highest BCUT2D eigenvalue weighted by Gasteiger charge is 1.93. The molecule has 0 aliphatic carbocycles. The van der Waals surface area contributed by atoms with Crippen LogP contribution in [0.25, 0.3) is 0 Å². The van der Waals surface area contributed by atoms with Gasteiger partial charge in [0, 0.05) is 0 Å². The number of hydrogen-bond acceptors (Lipinski definition) is 2. The zero-order valence-electron chi connectivity index (χ0n) is 7.99. The SMILES string of the molecule is CCCCOc1ccc(CO)cc1. The van der Waals surface area contributed by atoms with Crippen molar-refractivity contribution in [3.05, 3.63) is 29.8 Å². The van der Waals surface area contributed by atoms with Crippen LogP contribution in [0.15, 0.2) is 24.3 Å². The average molecular weight is 180 g/mol. The summed E-state index contributed by atoms with van der Waals surface area (Å²) in [4.78, 5) is 0. The van der Waals surface area contributed by atoms with E-state index < -0.39 is 0 Å². The first-order chi connectivity index (χ1) is 6.36. The smallest absolute Gasteiger partial charge is 0.119 e. The Morgan fingerprint density at radius 3 is 2.46 bits per heavy atom. The van der Waals surface area contributed by atoms with E-state index in [1.807, 2.05) is 24.3 Å². The molecule has 13 heavy (non-hydrogen) atoms. The Hall–Kier alpha value is -1.02. The summed E-state index contributed by atoms with van der Waals surface area (Å²) in [6.07, 6.45) is 2.23. The van der Waals surface area contributed by atoms with Crippen molar-refractivity contribution in [2.45, 2.75) is 26.4 Å². The van der Waals surface area contributed by atoms with Crippen molar-refractivity contribution in [2.24, 2.45) is 0 Å². The Bertz CT molecular complexity index is 228. The fourth-order valence-electron chi connectivity index (χ4n) is 1.03. The van der Waals surface area contributed by atoms with Gasteiger partial charge in [0.05, 0.1) is 13.2 Å². The number of aliphatic hydroxyl groups is 1. The molecule has 72 valence electrons. The summed E-state index contributed by atoms with van der Waals surface area (Å²) in [5.74, 6) is 0.880. The van der Waals surface area contributed by atoms with E-state index in [9.17, 15) is 0 Å². The van der Waals surface area contributed by atoms with Crippen LogP contribution >= 0.6 is 0 Å². The van der Waals surface area contributed by atoms with Gasteiger partial charge in [0.2, 0.25) is 0 Å². The molecule has 1 rings (SSSR count). The molecule has 0 bridgehead atoms. The van der Waals surface area contributed by atoms with Crippen LogP contribution in [0.3, 0.4) is 0 Å². The van der Waals surface area contributed by atoms with Gasteiger partial charge >= 0.3 is 0 Å². The van der Waals surface area contributed by atoms with E-state index >= 15 is 0 Å². The first kappa shape index (κ1) is 10.1.